The molecule has 3 aromatic rings. The van der Waals surface area contributed by atoms with Crippen LogP contribution in [0.2, 0.25) is 0 Å². The minimum Gasteiger partial charge on any atom is -0.497 e. The molecule has 6 nitrogen and oxygen atoms in total. The number of methoxy groups -OCH3 is 1. The van der Waals surface area contributed by atoms with Crippen LogP contribution in [0.5, 0.6) is 11.5 Å². The van der Waals surface area contributed by atoms with E-state index in [9.17, 15) is 9.59 Å². The number of carbonyl (C=O) groups excluding carboxylic acids is 2. The van der Waals surface area contributed by atoms with E-state index in [2.05, 4.69) is 0 Å². The zero-order valence-corrected chi connectivity index (χ0v) is 18.9. The Morgan fingerprint density at radius 1 is 0.818 bits per heavy atom. The van der Waals surface area contributed by atoms with Crippen molar-refractivity contribution >= 4 is 23.1 Å². The summed E-state index contributed by atoms with van der Waals surface area (Å²) in [5.41, 5.74) is 3.39. The molecule has 0 spiro atoms. The number of nitrogens with zero attached hydrogens (tertiary/aromatic N) is 2. The summed E-state index contributed by atoms with van der Waals surface area (Å²) in [6.45, 7) is 2.32. The van der Waals surface area contributed by atoms with E-state index >= 15 is 0 Å². The number of hydrogen-bond donors (Lipinski definition) is 0. The molecule has 0 bridgehead atoms. The molecule has 1 heterocycles. The number of imide groups is 1. The fourth-order valence-corrected chi connectivity index (χ4v) is 3.77. The number of hydrogen-bond acceptors (Lipinski definition) is 5. The van der Waals surface area contributed by atoms with E-state index in [1.165, 1.54) is 4.90 Å². The molecule has 0 saturated heterocycles. The molecule has 6 heteroatoms. The molecule has 0 radical (unpaired) electrons. The van der Waals surface area contributed by atoms with E-state index in [0.29, 0.717) is 17.0 Å². The summed E-state index contributed by atoms with van der Waals surface area (Å²) >= 11 is 0. The quantitative estimate of drug-likeness (QED) is 0.487. The second kappa shape index (κ2) is 9.61. The third-order valence-electron chi connectivity index (χ3n) is 5.61. The van der Waals surface area contributed by atoms with E-state index in [1.54, 1.807) is 43.3 Å². The Morgan fingerprint density at radius 2 is 1.45 bits per heavy atom. The number of likely N-dealkylation sites (N-methyl/N-ethyl adjacent to an activating group) is 1. The Kier molecular flexibility index (Phi) is 6.45. The average molecular weight is 443 g/mol. The number of para-hydroxylation sites is 1. The smallest absolute Gasteiger partial charge is 0.278 e. The summed E-state index contributed by atoms with van der Waals surface area (Å²) in [5, 5.41) is 0. The van der Waals surface area contributed by atoms with Gasteiger partial charge in [0.1, 0.15) is 23.8 Å². The number of aryl methyl sites for hydroxylation is 1. The maximum Gasteiger partial charge on any atom is 0.278 e. The molecule has 1 aliphatic heterocycles. The fraction of sp³-hybridized carbons (Fsp3) is 0.185. The molecule has 168 valence electrons. The molecular formula is C27H26N2O4. The van der Waals surface area contributed by atoms with Gasteiger partial charge in [0.05, 0.1) is 19.2 Å². The summed E-state index contributed by atoms with van der Waals surface area (Å²) in [6, 6.07) is 24.4. The van der Waals surface area contributed by atoms with Crippen molar-refractivity contribution in [1.82, 2.24) is 4.90 Å². The summed E-state index contributed by atoms with van der Waals surface area (Å²) in [5.74, 6) is 0.719. The van der Waals surface area contributed by atoms with Crippen molar-refractivity contribution in [3.63, 3.8) is 0 Å². The van der Waals surface area contributed by atoms with Crippen molar-refractivity contribution < 1.29 is 19.1 Å². The molecule has 0 N–H and O–H groups in total. The predicted octanol–water partition coefficient (Wildman–Crippen LogP) is 4.30. The average Bonchev–Trinajstić information content (AvgIpc) is 3.10. The van der Waals surface area contributed by atoms with Gasteiger partial charge < -0.3 is 14.4 Å². The zero-order valence-electron chi connectivity index (χ0n) is 18.9. The molecule has 3 aromatic carbocycles. The lowest BCUT2D eigenvalue weighted by atomic mass is 10.0. The lowest BCUT2D eigenvalue weighted by Gasteiger charge is -2.21. The van der Waals surface area contributed by atoms with Crippen molar-refractivity contribution in [2.75, 3.05) is 32.2 Å². The number of benzene rings is 3. The Morgan fingerprint density at radius 3 is 2.09 bits per heavy atom. The van der Waals surface area contributed by atoms with Crippen LogP contribution in [0.4, 0.5) is 5.69 Å². The molecule has 1 aliphatic rings. The second-order valence-electron chi connectivity index (χ2n) is 7.77. The predicted molar refractivity (Wildman–Crippen MR) is 128 cm³/mol. The highest BCUT2D eigenvalue weighted by atomic mass is 16.5. The van der Waals surface area contributed by atoms with Gasteiger partial charge in [-0.3, -0.25) is 14.5 Å². The van der Waals surface area contributed by atoms with Crippen molar-refractivity contribution in [3.8, 4) is 11.5 Å². The Labute approximate surface area is 193 Å². The lowest BCUT2D eigenvalue weighted by molar-refractivity contribution is -0.137. The Bertz CT molecular complexity index is 1170. The molecule has 4 rings (SSSR count). The van der Waals surface area contributed by atoms with Crippen molar-refractivity contribution in [2.45, 2.75) is 6.92 Å². The largest absolute Gasteiger partial charge is 0.497 e. The van der Waals surface area contributed by atoms with Gasteiger partial charge in [0.25, 0.3) is 11.8 Å². The molecular weight excluding hydrogens is 416 g/mol. The highest BCUT2D eigenvalue weighted by molar-refractivity contribution is 6.36. The van der Waals surface area contributed by atoms with Crippen molar-refractivity contribution in [3.05, 3.63) is 95.7 Å². The van der Waals surface area contributed by atoms with E-state index in [0.717, 1.165) is 22.6 Å². The maximum atomic E-state index is 13.4. The first-order chi connectivity index (χ1) is 16.0. The molecule has 0 saturated carbocycles. The Balaban J connectivity index is 1.59. The zero-order chi connectivity index (χ0) is 23.4. The molecule has 2 amide bonds. The van der Waals surface area contributed by atoms with Gasteiger partial charge in [-0.05, 0) is 48.9 Å². The lowest BCUT2D eigenvalue weighted by Crippen LogP contribution is -2.37. The first-order valence-corrected chi connectivity index (χ1v) is 10.7. The highest BCUT2D eigenvalue weighted by Gasteiger charge is 2.41. The van der Waals surface area contributed by atoms with E-state index < -0.39 is 0 Å². The van der Waals surface area contributed by atoms with E-state index in [1.807, 2.05) is 61.5 Å². The van der Waals surface area contributed by atoms with Crippen LogP contribution in [0.25, 0.3) is 5.57 Å². The molecule has 0 unspecified atom stereocenters. The molecule has 0 fully saturated rings. The van der Waals surface area contributed by atoms with Crippen LogP contribution >= 0.6 is 0 Å². The minimum atomic E-state index is -0.333. The molecule has 0 atom stereocenters. The van der Waals surface area contributed by atoms with Crippen molar-refractivity contribution in [1.29, 1.82) is 0 Å². The van der Waals surface area contributed by atoms with Gasteiger partial charge in [-0.2, -0.15) is 0 Å². The van der Waals surface area contributed by atoms with Gasteiger partial charge in [-0.1, -0.05) is 48.0 Å². The third-order valence-corrected chi connectivity index (χ3v) is 5.61. The SMILES string of the molecule is COc1ccc(OCCN2C(=O)C(c3ccc(C)cc3)=C(N(C)c3ccccc3)C2=O)cc1. The van der Waals surface area contributed by atoms with Gasteiger partial charge >= 0.3 is 0 Å². The van der Waals surface area contributed by atoms with Gasteiger partial charge in [0.2, 0.25) is 0 Å². The summed E-state index contributed by atoms with van der Waals surface area (Å²) in [6.07, 6.45) is 0. The number of carbonyl (C=O) groups is 2. The normalized spacial score (nSPS) is 13.5. The first-order valence-electron chi connectivity index (χ1n) is 10.7. The standard InChI is InChI=1S/C27H26N2O4/c1-19-9-11-20(12-10-19)24-25(28(2)21-7-5-4-6-8-21)27(31)29(26(24)30)17-18-33-23-15-13-22(32-3)14-16-23/h4-16H,17-18H2,1-3H3. The Hall–Kier alpha value is -4.06. The van der Waals surface area contributed by atoms with Gasteiger partial charge in [-0.25, -0.2) is 0 Å². The number of amides is 2. The number of anilines is 1. The van der Waals surface area contributed by atoms with Crippen LogP contribution in [0.3, 0.4) is 0 Å². The summed E-state index contributed by atoms with van der Waals surface area (Å²) < 4.78 is 10.9. The van der Waals surface area contributed by atoms with Crippen LogP contribution in [0.1, 0.15) is 11.1 Å². The monoisotopic (exact) mass is 442 g/mol. The number of ether oxygens (including phenoxy) is 2. The minimum absolute atomic E-state index is 0.144. The van der Waals surface area contributed by atoms with Gasteiger partial charge in [0, 0.05) is 12.7 Å². The first kappa shape index (κ1) is 22.1. The second-order valence-corrected chi connectivity index (χ2v) is 7.77. The number of rotatable bonds is 8. The fourth-order valence-electron chi connectivity index (χ4n) is 3.77. The van der Waals surface area contributed by atoms with Crippen LogP contribution in [-0.4, -0.2) is 44.0 Å². The van der Waals surface area contributed by atoms with Crippen LogP contribution < -0.4 is 14.4 Å². The topological polar surface area (TPSA) is 59.1 Å². The third kappa shape index (κ3) is 4.60. The highest BCUT2D eigenvalue weighted by Crippen LogP contribution is 2.33. The molecule has 0 aromatic heterocycles. The van der Waals surface area contributed by atoms with Crippen LogP contribution in [0, 0.1) is 6.92 Å². The molecule has 33 heavy (non-hydrogen) atoms. The van der Waals surface area contributed by atoms with Crippen LogP contribution in [0.15, 0.2) is 84.6 Å². The summed E-state index contributed by atoms with van der Waals surface area (Å²) in [7, 11) is 3.41. The van der Waals surface area contributed by atoms with Crippen molar-refractivity contribution in [2.24, 2.45) is 0 Å². The maximum absolute atomic E-state index is 13.4. The van der Waals surface area contributed by atoms with E-state index in [4.69, 9.17) is 9.47 Å². The van der Waals surface area contributed by atoms with Crippen LogP contribution in [-0.2, 0) is 9.59 Å². The summed E-state index contributed by atoms with van der Waals surface area (Å²) in [4.78, 5) is 29.9. The van der Waals surface area contributed by atoms with Gasteiger partial charge in [-0.15, -0.1) is 0 Å². The van der Waals surface area contributed by atoms with Gasteiger partial charge in [0.15, 0.2) is 0 Å². The molecule has 0 aliphatic carbocycles. The van der Waals surface area contributed by atoms with E-state index in [-0.39, 0.29) is 25.0 Å².